The number of hydroxylamine groups is 1. The van der Waals surface area contributed by atoms with Crippen molar-refractivity contribution in [3.8, 4) is 0 Å². The lowest BCUT2D eigenvalue weighted by atomic mass is 10.3. The van der Waals surface area contributed by atoms with Crippen LogP contribution in [0.3, 0.4) is 0 Å². The van der Waals surface area contributed by atoms with Crippen molar-refractivity contribution in [2.24, 2.45) is 4.40 Å². The lowest BCUT2D eigenvalue weighted by molar-refractivity contribution is 0.144. The van der Waals surface area contributed by atoms with Crippen molar-refractivity contribution in [2.75, 3.05) is 12.4 Å². The number of nitrogens with zero attached hydrogens (tertiary/aromatic N) is 1. The minimum atomic E-state index is 0.562. The van der Waals surface area contributed by atoms with Crippen LogP contribution in [0.15, 0.2) is 27.5 Å². The van der Waals surface area contributed by atoms with E-state index in [-0.39, 0.29) is 0 Å². The van der Waals surface area contributed by atoms with Gasteiger partial charge in [0.25, 0.3) is 0 Å². The highest BCUT2D eigenvalue weighted by Crippen LogP contribution is 2.33. The Morgan fingerprint density at radius 1 is 1.57 bits per heavy atom. The fourth-order valence-corrected chi connectivity index (χ4v) is 1.85. The Hall–Kier alpha value is -0.910. The van der Waals surface area contributed by atoms with Crippen molar-refractivity contribution in [1.29, 1.82) is 0 Å². The maximum absolute atomic E-state index is 5.86. The lowest BCUT2D eigenvalue weighted by Crippen LogP contribution is -2.30. The van der Waals surface area contributed by atoms with Crippen LogP contribution in [0.4, 0.5) is 5.69 Å². The maximum atomic E-state index is 5.86. The third-order valence-electron chi connectivity index (χ3n) is 1.63. The van der Waals surface area contributed by atoms with Crippen LogP contribution in [0.5, 0.6) is 0 Å². The first-order valence-electron chi connectivity index (χ1n) is 3.90. The average Bonchev–Trinajstić information content (AvgIpc) is 2.17. The molecule has 1 aromatic carbocycles. The molecule has 4 nitrogen and oxygen atoms in total. The summed E-state index contributed by atoms with van der Waals surface area (Å²) < 4.78 is 4.13. The summed E-state index contributed by atoms with van der Waals surface area (Å²) in [5, 5.41) is 3.74. The molecule has 0 saturated heterocycles. The van der Waals surface area contributed by atoms with E-state index in [1.54, 1.807) is 0 Å². The predicted octanol–water partition coefficient (Wildman–Crippen LogP) is 2.28. The molecule has 1 aliphatic rings. The first-order chi connectivity index (χ1) is 6.79. The number of hydrogen-bond donors (Lipinski definition) is 2. The van der Waals surface area contributed by atoms with E-state index in [9.17, 15) is 0 Å². The molecule has 0 unspecified atom stereocenters. The Morgan fingerprint density at radius 2 is 2.43 bits per heavy atom. The summed E-state index contributed by atoms with van der Waals surface area (Å²) in [6.07, 6.45) is 0. The minimum Gasteiger partial charge on any atom is -0.323 e. The van der Waals surface area contributed by atoms with E-state index in [1.165, 1.54) is 19.1 Å². The van der Waals surface area contributed by atoms with Crippen molar-refractivity contribution in [3.05, 3.63) is 23.2 Å². The zero-order valence-electron chi connectivity index (χ0n) is 7.37. The molecule has 0 radical (unpaired) electrons. The van der Waals surface area contributed by atoms with Gasteiger partial charge in [-0.05, 0) is 18.2 Å². The SMILES string of the molecule is CONC1=NSc2ccc(Cl)cc2N1. The molecule has 0 aliphatic carbocycles. The predicted molar refractivity (Wildman–Crippen MR) is 58.5 cm³/mol. The van der Waals surface area contributed by atoms with Gasteiger partial charge in [0.05, 0.1) is 17.7 Å². The zero-order chi connectivity index (χ0) is 9.97. The summed E-state index contributed by atoms with van der Waals surface area (Å²) in [6.45, 7) is 0. The van der Waals surface area contributed by atoms with Crippen LogP contribution in [-0.2, 0) is 4.84 Å². The largest absolute Gasteiger partial charge is 0.323 e. The summed E-state index contributed by atoms with van der Waals surface area (Å²) in [7, 11) is 1.53. The number of halogens is 1. The molecule has 0 bridgehead atoms. The molecular weight excluding hydrogens is 222 g/mol. The molecule has 2 rings (SSSR count). The molecule has 1 heterocycles. The normalized spacial score (nSPS) is 14.0. The van der Waals surface area contributed by atoms with E-state index in [1.807, 2.05) is 18.2 Å². The summed E-state index contributed by atoms with van der Waals surface area (Å²) in [5.41, 5.74) is 3.55. The number of rotatable bonds is 1. The van der Waals surface area contributed by atoms with Crippen molar-refractivity contribution in [2.45, 2.75) is 4.90 Å². The summed E-state index contributed by atoms with van der Waals surface area (Å²) in [5.74, 6) is 0.562. The van der Waals surface area contributed by atoms with Crippen LogP contribution >= 0.6 is 23.5 Å². The second-order valence-corrected chi connectivity index (χ2v) is 3.84. The molecular formula is C8H8ClN3OS. The van der Waals surface area contributed by atoms with Crippen molar-refractivity contribution < 1.29 is 4.84 Å². The number of benzene rings is 1. The van der Waals surface area contributed by atoms with Crippen LogP contribution in [0.25, 0.3) is 0 Å². The topological polar surface area (TPSA) is 45.6 Å². The van der Waals surface area contributed by atoms with Crippen molar-refractivity contribution in [3.63, 3.8) is 0 Å². The molecule has 0 fully saturated rings. The molecule has 6 heteroatoms. The van der Waals surface area contributed by atoms with Gasteiger partial charge in [-0.25, -0.2) is 5.48 Å². The number of anilines is 1. The van der Waals surface area contributed by atoms with Crippen molar-refractivity contribution in [1.82, 2.24) is 5.48 Å². The monoisotopic (exact) mass is 229 g/mol. The quantitative estimate of drug-likeness (QED) is 0.573. The molecule has 2 N–H and O–H groups in total. The van der Waals surface area contributed by atoms with Gasteiger partial charge < -0.3 is 5.32 Å². The molecule has 74 valence electrons. The molecule has 0 aromatic heterocycles. The minimum absolute atomic E-state index is 0.562. The van der Waals surface area contributed by atoms with Gasteiger partial charge in [0.15, 0.2) is 0 Å². The van der Waals surface area contributed by atoms with Crippen LogP contribution in [0, 0.1) is 0 Å². The van der Waals surface area contributed by atoms with E-state index in [4.69, 9.17) is 16.4 Å². The average molecular weight is 230 g/mol. The maximum Gasteiger partial charge on any atom is 0.232 e. The highest BCUT2D eigenvalue weighted by Gasteiger charge is 2.12. The van der Waals surface area contributed by atoms with Gasteiger partial charge in [0.2, 0.25) is 5.96 Å². The Kier molecular flexibility index (Phi) is 2.81. The van der Waals surface area contributed by atoms with Crippen LogP contribution < -0.4 is 10.8 Å². The molecule has 0 atom stereocenters. The highest BCUT2D eigenvalue weighted by molar-refractivity contribution is 7.98. The van der Waals surface area contributed by atoms with Crippen molar-refractivity contribution >= 4 is 35.2 Å². The zero-order valence-corrected chi connectivity index (χ0v) is 8.95. The Labute approximate surface area is 90.8 Å². The molecule has 0 spiro atoms. The van der Waals surface area contributed by atoms with E-state index >= 15 is 0 Å². The molecule has 14 heavy (non-hydrogen) atoms. The van der Waals surface area contributed by atoms with Gasteiger partial charge in [-0.1, -0.05) is 11.6 Å². The number of nitrogens with one attached hydrogen (secondary N) is 2. The van der Waals surface area contributed by atoms with Gasteiger partial charge in [-0.3, -0.25) is 4.84 Å². The lowest BCUT2D eigenvalue weighted by Gasteiger charge is -2.17. The van der Waals surface area contributed by atoms with E-state index in [2.05, 4.69) is 15.2 Å². The standard InChI is InChI=1S/C8H8ClN3OS/c1-13-11-8-10-6-4-5(9)2-3-7(6)14-12-8/h2-4H,1H3,(H2,10,11,12). The Bertz CT molecular complexity index is 383. The third kappa shape index (κ3) is 1.95. The smallest absolute Gasteiger partial charge is 0.232 e. The summed E-state index contributed by atoms with van der Waals surface area (Å²) in [4.78, 5) is 5.77. The first kappa shape index (κ1) is 9.64. The number of fused-ring (bicyclic) bond motifs is 1. The Balaban J connectivity index is 2.22. The first-order valence-corrected chi connectivity index (χ1v) is 5.05. The summed E-state index contributed by atoms with van der Waals surface area (Å²) in [6, 6.07) is 5.59. The summed E-state index contributed by atoms with van der Waals surface area (Å²) >= 11 is 7.23. The molecule has 1 aromatic rings. The Morgan fingerprint density at radius 3 is 3.21 bits per heavy atom. The van der Waals surface area contributed by atoms with Crippen LogP contribution in [0.1, 0.15) is 0 Å². The molecule has 1 aliphatic heterocycles. The van der Waals surface area contributed by atoms with Gasteiger partial charge in [0, 0.05) is 17.0 Å². The van der Waals surface area contributed by atoms with Crippen LogP contribution in [0.2, 0.25) is 5.02 Å². The van der Waals surface area contributed by atoms with E-state index < -0.39 is 0 Å². The highest BCUT2D eigenvalue weighted by atomic mass is 35.5. The second kappa shape index (κ2) is 4.08. The van der Waals surface area contributed by atoms with E-state index in [0.29, 0.717) is 11.0 Å². The van der Waals surface area contributed by atoms with Gasteiger partial charge >= 0.3 is 0 Å². The second-order valence-electron chi connectivity index (χ2n) is 2.60. The fraction of sp³-hybridized carbons (Fsp3) is 0.125. The fourth-order valence-electron chi connectivity index (χ4n) is 1.07. The number of hydrogen-bond acceptors (Lipinski definition) is 5. The number of guanidine groups is 1. The van der Waals surface area contributed by atoms with Gasteiger partial charge in [0.1, 0.15) is 0 Å². The van der Waals surface area contributed by atoms with Gasteiger partial charge in [-0.2, -0.15) is 4.40 Å². The van der Waals surface area contributed by atoms with Crippen LogP contribution in [-0.4, -0.2) is 13.1 Å². The van der Waals surface area contributed by atoms with E-state index in [0.717, 1.165) is 10.6 Å². The molecule has 0 amide bonds. The third-order valence-corrected chi connectivity index (χ3v) is 2.69. The van der Waals surface area contributed by atoms with Gasteiger partial charge in [-0.15, -0.1) is 0 Å². The molecule has 0 saturated carbocycles.